The van der Waals surface area contributed by atoms with Crippen LogP contribution in [0.1, 0.15) is 0 Å². The van der Waals surface area contributed by atoms with E-state index in [0.717, 1.165) is 0 Å². The molecule has 0 unspecified atom stereocenters. The predicted octanol–water partition coefficient (Wildman–Crippen LogP) is 3.36. The van der Waals surface area contributed by atoms with E-state index in [4.69, 9.17) is 0 Å². The Labute approximate surface area is 129 Å². The number of benzene rings is 2. The van der Waals surface area contributed by atoms with Crippen molar-refractivity contribution >= 4 is 11.4 Å². The Hall–Kier alpha value is -3.55. The maximum atomic E-state index is 11.2. The summed E-state index contributed by atoms with van der Waals surface area (Å²) in [6.45, 7) is 0. The molecule has 1 aromatic heterocycles. The summed E-state index contributed by atoms with van der Waals surface area (Å²) in [7, 11) is 0. The topological polar surface area (TPSA) is 104 Å². The van der Waals surface area contributed by atoms with Gasteiger partial charge < -0.3 is 0 Å². The SMILES string of the molecule is O=[N+]([O-])c1ccc(-n2cc([N+](=O)[O-])c(-c3ccccc3)n2)cc1. The van der Waals surface area contributed by atoms with Crippen molar-refractivity contribution in [3.05, 3.63) is 81.0 Å². The molecular weight excluding hydrogens is 300 g/mol. The predicted molar refractivity (Wildman–Crippen MR) is 82.3 cm³/mol. The lowest BCUT2D eigenvalue weighted by atomic mass is 10.1. The van der Waals surface area contributed by atoms with Crippen LogP contribution >= 0.6 is 0 Å². The van der Waals surface area contributed by atoms with Gasteiger partial charge in [-0.3, -0.25) is 20.2 Å². The third kappa shape index (κ3) is 2.77. The molecule has 0 spiro atoms. The second-order valence-corrected chi connectivity index (χ2v) is 4.70. The van der Waals surface area contributed by atoms with Crippen LogP contribution in [0.4, 0.5) is 11.4 Å². The molecule has 1 heterocycles. The minimum atomic E-state index is -0.509. The first kappa shape index (κ1) is 14.4. The molecule has 0 amide bonds. The highest BCUT2D eigenvalue weighted by atomic mass is 16.6. The Kier molecular flexibility index (Phi) is 3.55. The van der Waals surface area contributed by atoms with Crippen molar-refractivity contribution in [2.45, 2.75) is 0 Å². The van der Waals surface area contributed by atoms with E-state index in [2.05, 4.69) is 5.10 Å². The van der Waals surface area contributed by atoms with E-state index >= 15 is 0 Å². The summed E-state index contributed by atoms with van der Waals surface area (Å²) < 4.78 is 1.34. The Bertz CT molecular complexity index is 872. The van der Waals surface area contributed by atoms with Gasteiger partial charge in [-0.25, -0.2) is 4.68 Å². The normalized spacial score (nSPS) is 10.4. The molecule has 114 valence electrons. The van der Waals surface area contributed by atoms with Crippen LogP contribution in [0.15, 0.2) is 60.8 Å². The zero-order chi connectivity index (χ0) is 16.4. The molecule has 3 rings (SSSR count). The van der Waals surface area contributed by atoms with Gasteiger partial charge in [0.05, 0.1) is 15.5 Å². The zero-order valence-corrected chi connectivity index (χ0v) is 11.7. The van der Waals surface area contributed by atoms with Crippen molar-refractivity contribution in [2.75, 3.05) is 0 Å². The molecule has 2 aromatic carbocycles. The minimum absolute atomic E-state index is 0.0568. The average molecular weight is 310 g/mol. The van der Waals surface area contributed by atoms with E-state index < -0.39 is 9.85 Å². The summed E-state index contributed by atoms with van der Waals surface area (Å²) in [5.74, 6) is 0. The summed E-state index contributed by atoms with van der Waals surface area (Å²) in [4.78, 5) is 20.9. The Morgan fingerprint density at radius 3 is 2.09 bits per heavy atom. The smallest absolute Gasteiger partial charge is 0.258 e. The van der Waals surface area contributed by atoms with Crippen molar-refractivity contribution < 1.29 is 9.85 Å². The Morgan fingerprint density at radius 2 is 1.52 bits per heavy atom. The van der Waals surface area contributed by atoms with Crippen molar-refractivity contribution in [3.63, 3.8) is 0 Å². The second-order valence-electron chi connectivity index (χ2n) is 4.70. The van der Waals surface area contributed by atoms with Crippen LogP contribution in [0.25, 0.3) is 16.9 Å². The number of nitro groups is 2. The third-order valence-corrected chi connectivity index (χ3v) is 3.26. The van der Waals surface area contributed by atoms with E-state index in [9.17, 15) is 20.2 Å². The molecule has 23 heavy (non-hydrogen) atoms. The molecule has 0 aliphatic carbocycles. The standard InChI is InChI=1S/C15H10N4O4/c20-18(21)13-8-6-12(7-9-13)17-10-14(19(22)23)15(16-17)11-4-2-1-3-5-11/h1-10H. The van der Waals surface area contributed by atoms with Gasteiger partial charge in [0, 0.05) is 17.7 Å². The zero-order valence-electron chi connectivity index (χ0n) is 11.7. The maximum Gasteiger partial charge on any atom is 0.315 e. The fourth-order valence-corrected chi connectivity index (χ4v) is 2.16. The lowest BCUT2D eigenvalue weighted by Crippen LogP contribution is -1.95. The van der Waals surface area contributed by atoms with Crippen LogP contribution in [0.3, 0.4) is 0 Å². The van der Waals surface area contributed by atoms with Gasteiger partial charge >= 0.3 is 5.69 Å². The molecule has 8 heteroatoms. The molecule has 0 atom stereocenters. The lowest BCUT2D eigenvalue weighted by Gasteiger charge is -2.00. The first-order valence-corrected chi connectivity index (χ1v) is 6.60. The van der Waals surface area contributed by atoms with Crippen LogP contribution in [0.5, 0.6) is 0 Å². The molecule has 0 N–H and O–H groups in total. The number of rotatable bonds is 4. The molecule has 3 aromatic rings. The van der Waals surface area contributed by atoms with E-state index in [1.54, 1.807) is 24.3 Å². The summed E-state index contributed by atoms with van der Waals surface area (Å²) in [5, 5.41) is 26.2. The van der Waals surface area contributed by atoms with Crippen molar-refractivity contribution in [1.29, 1.82) is 0 Å². The fourth-order valence-electron chi connectivity index (χ4n) is 2.16. The number of hydrogen-bond acceptors (Lipinski definition) is 5. The molecule has 0 saturated carbocycles. The lowest BCUT2D eigenvalue weighted by molar-refractivity contribution is -0.384. The van der Waals surface area contributed by atoms with Crippen LogP contribution in [0, 0.1) is 20.2 Å². The molecule has 8 nitrogen and oxygen atoms in total. The molecule has 0 bridgehead atoms. The Morgan fingerprint density at radius 1 is 0.870 bits per heavy atom. The number of nitro benzene ring substituents is 1. The van der Waals surface area contributed by atoms with Crippen molar-refractivity contribution in [3.8, 4) is 16.9 Å². The second kappa shape index (κ2) is 5.68. The highest BCUT2D eigenvalue weighted by molar-refractivity contribution is 5.69. The van der Waals surface area contributed by atoms with E-state index in [1.165, 1.54) is 35.1 Å². The van der Waals surface area contributed by atoms with Gasteiger partial charge in [0.2, 0.25) is 0 Å². The van der Waals surface area contributed by atoms with Crippen LogP contribution in [-0.4, -0.2) is 19.6 Å². The van der Waals surface area contributed by atoms with Crippen LogP contribution < -0.4 is 0 Å². The maximum absolute atomic E-state index is 11.2. The molecular formula is C15H10N4O4. The van der Waals surface area contributed by atoms with Crippen molar-refractivity contribution in [1.82, 2.24) is 9.78 Å². The molecule has 0 fully saturated rings. The van der Waals surface area contributed by atoms with E-state index in [-0.39, 0.29) is 17.1 Å². The molecule has 0 saturated heterocycles. The summed E-state index contributed by atoms with van der Waals surface area (Å²) in [5.41, 5.74) is 1.18. The van der Waals surface area contributed by atoms with Gasteiger partial charge in [-0.15, -0.1) is 0 Å². The molecule has 0 aliphatic heterocycles. The number of nitrogens with zero attached hydrogens (tertiary/aromatic N) is 4. The number of aromatic nitrogens is 2. The van der Waals surface area contributed by atoms with Crippen LogP contribution in [-0.2, 0) is 0 Å². The highest BCUT2D eigenvalue weighted by Crippen LogP contribution is 2.29. The van der Waals surface area contributed by atoms with Gasteiger partial charge in [0.15, 0.2) is 5.69 Å². The highest BCUT2D eigenvalue weighted by Gasteiger charge is 2.21. The van der Waals surface area contributed by atoms with Gasteiger partial charge in [0.1, 0.15) is 6.20 Å². The van der Waals surface area contributed by atoms with E-state index in [1.807, 2.05) is 6.07 Å². The third-order valence-electron chi connectivity index (χ3n) is 3.26. The summed E-state index contributed by atoms with van der Waals surface area (Å²) in [6, 6.07) is 14.4. The first-order valence-electron chi connectivity index (χ1n) is 6.60. The average Bonchev–Trinajstić information content (AvgIpc) is 3.01. The minimum Gasteiger partial charge on any atom is -0.258 e. The first-order chi connectivity index (χ1) is 11.1. The quantitative estimate of drug-likeness (QED) is 0.543. The number of hydrogen-bond donors (Lipinski definition) is 0. The Balaban J connectivity index is 2.07. The summed E-state index contributed by atoms with van der Waals surface area (Å²) >= 11 is 0. The monoisotopic (exact) mass is 310 g/mol. The van der Waals surface area contributed by atoms with Crippen LogP contribution in [0.2, 0.25) is 0 Å². The van der Waals surface area contributed by atoms with Gasteiger partial charge in [-0.05, 0) is 12.1 Å². The fraction of sp³-hybridized carbons (Fsp3) is 0. The van der Waals surface area contributed by atoms with Gasteiger partial charge in [-0.1, -0.05) is 30.3 Å². The van der Waals surface area contributed by atoms with E-state index in [0.29, 0.717) is 11.3 Å². The van der Waals surface area contributed by atoms with Gasteiger partial charge in [-0.2, -0.15) is 5.10 Å². The summed E-state index contributed by atoms with van der Waals surface area (Å²) in [6.07, 6.45) is 1.30. The molecule has 0 radical (unpaired) electrons. The van der Waals surface area contributed by atoms with Gasteiger partial charge in [0.25, 0.3) is 5.69 Å². The molecule has 0 aliphatic rings. The van der Waals surface area contributed by atoms with Crippen molar-refractivity contribution in [2.24, 2.45) is 0 Å². The largest absolute Gasteiger partial charge is 0.315 e. The number of non-ortho nitro benzene ring substituents is 1.